The fraction of sp³-hybridized carbons (Fsp3) is 0.286. The molecule has 2 heteroatoms. The van der Waals surface area contributed by atoms with Crippen LogP contribution in [0.2, 0.25) is 0 Å². The van der Waals surface area contributed by atoms with Gasteiger partial charge in [0.05, 0.1) is 6.34 Å². The van der Waals surface area contributed by atoms with Crippen molar-refractivity contribution >= 4 is 6.34 Å². The highest BCUT2D eigenvalue weighted by Crippen LogP contribution is 1.68. The molecule has 0 spiro atoms. The SMILES string of the molecule is C/C=C/N=CN/C=C/C. The van der Waals surface area contributed by atoms with Crippen LogP contribution in [0, 0.1) is 0 Å². The molecule has 0 fully saturated rings. The predicted molar refractivity (Wildman–Crippen MR) is 41.3 cm³/mol. The second-order valence-corrected chi connectivity index (χ2v) is 1.43. The second kappa shape index (κ2) is 6.95. The molecule has 50 valence electrons. The summed E-state index contributed by atoms with van der Waals surface area (Å²) < 4.78 is 0. The van der Waals surface area contributed by atoms with E-state index in [9.17, 15) is 0 Å². The summed E-state index contributed by atoms with van der Waals surface area (Å²) in [6.07, 6.45) is 8.93. The molecule has 0 aromatic heterocycles. The Kier molecular flexibility index (Phi) is 6.14. The molecule has 0 atom stereocenters. The summed E-state index contributed by atoms with van der Waals surface area (Å²) in [6, 6.07) is 0. The van der Waals surface area contributed by atoms with Gasteiger partial charge in [-0.1, -0.05) is 12.2 Å². The van der Waals surface area contributed by atoms with Crippen LogP contribution in [0.25, 0.3) is 0 Å². The Morgan fingerprint density at radius 1 is 1.22 bits per heavy atom. The maximum Gasteiger partial charge on any atom is 0.0918 e. The van der Waals surface area contributed by atoms with Gasteiger partial charge in [0, 0.05) is 6.20 Å². The first-order valence-corrected chi connectivity index (χ1v) is 2.92. The van der Waals surface area contributed by atoms with Crippen molar-refractivity contribution in [3.8, 4) is 0 Å². The van der Waals surface area contributed by atoms with Crippen LogP contribution in [0.5, 0.6) is 0 Å². The molecule has 1 N–H and O–H groups in total. The van der Waals surface area contributed by atoms with E-state index >= 15 is 0 Å². The molecular weight excluding hydrogens is 112 g/mol. The lowest BCUT2D eigenvalue weighted by atomic mass is 10.7. The van der Waals surface area contributed by atoms with Crippen LogP contribution in [0.15, 0.2) is 29.5 Å². The molecule has 0 bridgehead atoms. The highest BCUT2D eigenvalue weighted by Gasteiger charge is 1.60. The minimum absolute atomic E-state index is 1.62. The summed E-state index contributed by atoms with van der Waals surface area (Å²) in [4.78, 5) is 3.86. The summed E-state index contributed by atoms with van der Waals surface area (Å²) in [7, 11) is 0. The van der Waals surface area contributed by atoms with E-state index in [4.69, 9.17) is 0 Å². The fourth-order valence-electron chi connectivity index (χ4n) is 0.311. The molecule has 0 aromatic rings. The van der Waals surface area contributed by atoms with Gasteiger partial charge in [0.2, 0.25) is 0 Å². The molecule has 0 aliphatic heterocycles. The Balaban J connectivity index is 3.25. The first-order valence-electron chi connectivity index (χ1n) is 2.92. The molecule has 0 saturated heterocycles. The van der Waals surface area contributed by atoms with Crippen LogP contribution < -0.4 is 5.32 Å². The van der Waals surface area contributed by atoms with Crippen molar-refractivity contribution in [3.63, 3.8) is 0 Å². The van der Waals surface area contributed by atoms with Gasteiger partial charge in [0.15, 0.2) is 0 Å². The highest BCUT2D eigenvalue weighted by molar-refractivity contribution is 5.56. The van der Waals surface area contributed by atoms with Gasteiger partial charge in [-0.2, -0.15) is 0 Å². The third-order valence-electron chi connectivity index (χ3n) is 0.647. The summed E-state index contributed by atoms with van der Waals surface area (Å²) in [6.45, 7) is 3.86. The van der Waals surface area contributed by atoms with Crippen molar-refractivity contribution < 1.29 is 0 Å². The lowest BCUT2D eigenvalue weighted by molar-refractivity contribution is 1.29. The standard InChI is InChI=1S/C7H12N2/c1-3-5-8-7-9-6-4-2/h3-7H,1-2H3,(H,8,9)/b5-3+,6-4+. The Bertz CT molecular complexity index is 123. The lowest BCUT2D eigenvalue weighted by Gasteiger charge is -1.82. The Morgan fingerprint density at radius 2 is 2.00 bits per heavy atom. The average molecular weight is 124 g/mol. The molecule has 0 unspecified atom stereocenters. The molecule has 0 heterocycles. The molecule has 9 heavy (non-hydrogen) atoms. The highest BCUT2D eigenvalue weighted by atomic mass is 14.9. The topological polar surface area (TPSA) is 24.4 Å². The summed E-state index contributed by atoms with van der Waals surface area (Å²) in [5.41, 5.74) is 0. The van der Waals surface area contributed by atoms with Gasteiger partial charge >= 0.3 is 0 Å². The minimum atomic E-state index is 1.62. The number of nitrogens with one attached hydrogen (secondary N) is 1. The van der Waals surface area contributed by atoms with Gasteiger partial charge in [-0.25, -0.2) is 4.99 Å². The summed E-state index contributed by atoms with van der Waals surface area (Å²) in [5, 5.41) is 2.85. The van der Waals surface area contributed by atoms with Crippen LogP contribution in [-0.2, 0) is 0 Å². The van der Waals surface area contributed by atoms with Crippen molar-refractivity contribution in [1.82, 2.24) is 5.32 Å². The van der Waals surface area contributed by atoms with Crippen LogP contribution in [-0.4, -0.2) is 6.34 Å². The van der Waals surface area contributed by atoms with Crippen molar-refractivity contribution in [2.24, 2.45) is 4.99 Å². The number of aliphatic imine (C=N–C) groups is 1. The number of rotatable bonds is 3. The van der Waals surface area contributed by atoms with Gasteiger partial charge in [-0.3, -0.25) is 0 Å². The maximum absolute atomic E-state index is 3.86. The third-order valence-corrected chi connectivity index (χ3v) is 0.647. The smallest absolute Gasteiger partial charge is 0.0918 e. The zero-order valence-corrected chi connectivity index (χ0v) is 5.83. The van der Waals surface area contributed by atoms with Crippen molar-refractivity contribution in [1.29, 1.82) is 0 Å². The predicted octanol–water partition coefficient (Wildman–Crippen LogP) is 1.67. The van der Waals surface area contributed by atoms with Crippen LogP contribution >= 0.6 is 0 Å². The maximum atomic E-state index is 3.86. The lowest BCUT2D eigenvalue weighted by Crippen LogP contribution is -1.98. The van der Waals surface area contributed by atoms with Crippen LogP contribution in [0.3, 0.4) is 0 Å². The number of nitrogens with zero attached hydrogens (tertiary/aromatic N) is 1. The summed E-state index contributed by atoms with van der Waals surface area (Å²) in [5.74, 6) is 0. The molecule has 0 aliphatic carbocycles. The quantitative estimate of drug-likeness (QED) is 0.449. The van der Waals surface area contributed by atoms with Crippen LogP contribution in [0.1, 0.15) is 13.8 Å². The summed E-state index contributed by atoms with van der Waals surface area (Å²) >= 11 is 0. The van der Waals surface area contributed by atoms with Crippen molar-refractivity contribution in [2.45, 2.75) is 13.8 Å². The number of hydrogen-bond acceptors (Lipinski definition) is 1. The van der Waals surface area contributed by atoms with Gasteiger partial charge in [0.25, 0.3) is 0 Å². The van der Waals surface area contributed by atoms with Gasteiger partial charge in [0.1, 0.15) is 0 Å². The minimum Gasteiger partial charge on any atom is -0.353 e. The Labute approximate surface area is 56.0 Å². The Hall–Kier alpha value is -1.05. The molecule has 0 aromatic carbocycles. The van der Waals surface area contributed by atoms with Crippen molar-refractivity contribution in [2.75, 3.05) is 0 Å². The molecule has 0 rings (SSSR count). The first-order chi connectivity index (χ1) is 4.41. The first kappa shape index (κ1) is 7.95. The van der Waals surface area contributed by atoms with E-state index in [0.29, 0.717) is 0 Å². The largest absolute Gasteiger partial charge is 0.353 e. The molecule has 0 saturated carbocycles. The number of allylic oxidation sites excluding steroid dienone is 2. The molecule has 0 aliphatic rings. The van der Waals surface area contributed by atoms with E-state index in [-0.39, 0.29) is 0 Å². The van der Waals surface area contributed by atoms with Crippen LogP contribution in [0.4, 0.5) is 0 Å². The molecule has 0 amide bonds. The molecular formula is C7H12N2. The normalized spacial score (nSPS) is 12.2. The molecule has 2 nitrogen and oxygen atoms in total. The van der Waals surface area contributed by atoms with E-state index in [2.05, 4.69) is 10.3 Å². The zero-order chi connectivity index (χ0) is 6.95. The van der Waals surface area contributed by atoms with Gasteiger partial charge in [-0.15, -0.1) is 0 Å². The van der Waals surface area contributed by atoms with E-state index in [1.165, 1.54) is 0 Å². The zero-order valence-electron chi connectivity index (χ0n) is 5.83. The van der Waals surface area contributed by atoms with E-state index in [1.807, 2.05) is 32.2 Å². The van der Waals surface area contributed by atoms with Gasteiger partial charge < -0.3 is 5.32 Å². The van der Waals surface area contributed by atoms with E-state index < -0.39 is 0 Å². The molecule has 0 radical (unpaired) electrons. The van der Waals surface area contributed by atoms with E-state index in [1.54, 1.807) is 12.5 Å². The monoisotopic (exact) mass is 124 g/mol. The van der Waals surface area contributed by atoms with Crippen molar-refractivity contribution in [3.05, 3.63) is 24.6 Å². The average Bonchev–Trinajstić information content (AvgIpc) is 1.89. The third kappa shape index (κ3) is 6.95. The second-order valence-electron chi connectivity index (χ2n) is 1.43. The number of hydrogen-bond donors (Lipinski definition) is 1. The Morgan fingerprint density at radius 3 is 2.56 bits per heavy atom. The van der Waals surface area contributed by atoms with E-state index in [0.717, 1.165) is 0 Å². The van der Waals surface area contributed by atoms with Gasteiger partial charge in [-0.05, 0) is 20.0 Å². The fourth-order valence-corrected chi connectivity index (χ4v) is 0.311.